The fraction of sp³-hybridized carbons (Fsp3) is 0.556. The second-order valence-corrected chi connectivity index (χ2v) is 5.57. The Labute approximate surface area is 147 Å². The number of aliphatic hydroxyl groups is 1. The number of amides is 1. The van der Waals surface area contributed by atoms with Crippen LogP contribution in [-0.4, -0.2) is 42.2 Å². The molecule has 0 unspecified atom stereocenters. The Morgan fingerprint density at radius 1 is 1.32 bits per heavy atom. The molecular weight excluding hydrogens is 327 g/mol. The molecule has 1 rings (SSSR count). The molecular formula is C18H25FN2O4. The van der Waals surface area contributed by atoms with E-state index in [0.717, 1.165) is 17.0 Å². The number of ether oxygens (including phenoxy) is 1. The number of alkyl halides is 1. The number of carbonyl (C=O) groups is 1. The number of halogens is 1. The molecule has 2 atom stereocenters. The van der Waals surface area contributed by atoms with Crippen molar-refractivity contribution >= 4 is 6.09 Å². The molecule has 0 saturated carbocycles. The van der Waals surface area contributed by atoms with Crippen LogP contribution in [-0.2, 0) is 16.2 Å². The molecule has 0 aliphatic carbocycles. The minimum absolute atomic E-state index is 0.0461. The molecule has 0 aromatic heterocycles. The number of unbranched alkanes of at least 4 members (excludes halogenated alkanes) is 3. The molecule has 0 heterocycles. The maximum absolute atomic E-state index is 14.1. The topological polar surface area (TPSA) is 82.8 Å². The normalized spacial score (nSPS) is 12.9. The van der Waals surface area contributed by atoms with Crippen LogP contribution in [0, 0.1) is 11.3 Å². The number of hydrogen-bond acceptors (Lipinski definition) is 5. The van der Waals surface area contributed by atoms with E-state index in [2.05, 4.69) is 6.07 Å². The van der Waals surface area contributed by atoms with Gasteiger partial charge in [-0.1, -0.05) is 43.2 Å². The molecule has 138 valence electrons. The summed E-state index contributed by atoms with van der Waals surface area (Å²) in [4.78, 5) is 17.3. The lowest BCUT2D eigenvalue weighted by molar-refractivity contribution is -0.157. The Hall–Kier alpha value is -2.17. The zero-order valence-electron chi connectivity index (χ0n) is 14.4. The number of hydroxylamine groups is 2. The van der Waals surface area contributed by atoms with Crippen molar-refractivity contribution in [2.75, 3.05) is 13.7 Å². The molecule has 1 amide bonds. The lowest BCUT2D eigenvalue weighted by Gasteiger charge is -2.30. The molecule has 0 aliphatic rings. The molecule has 1 aromatic rings. The van der Waals surface area contributed by atoms with Crippen molar-refractivity contribution in [3.63, 3.8) is 0 Å². The first-order valence-corrected chi connectivity index (χ1v) is 8.30. The molecule has 0 spiro atoms. The number of aliphatic hydroxyl groups excluding tert-OH is 1. The molecule has 0 aliphatic heterocycles. The van der Waals surface area contributed by atoms with Gasteiger partial charge in [0.2, 0.25) is 0 Å². The van der Waals surface area contributed by atoms with Gasteiger partial charge >= 0.3 is 6.09 Å². The van der Waals surface area contributed by atoms with E-state index in [1.54, 1.807) is 0 Å². The highest BCUT2D eigenvalue weighted by molar-refractivity contribution is 5.66. The van der Waals surface area contributed by atoms with Gasteiger partial charge in [0.1, 0.15) is 12.8 Å². The van der Waals surface area contributed by atoms with Crippen LogP contribution >= 0.6 is 0 Å². The third-order valence-corrected chi connectivity index (χ3v) is 3.76. The highest BCUT2D eigenvalue weighted by atomic mass is 19.1. The maximum Gasteiger partial charge on any atom is 0.434 e. The average molecular weight is 352 g/mol. The summed E-state index contributed by atoms with van der Waals surface area (Å²) in [7, 11) is 1.26. The zero-order valence-corrected chi connectivity index (χ0v) is 14.4. The third kappa shape index (κ3) is 7.50. The Balaban J connectivity index is 2.61. The molecule has 0 saturated heterocycles. The van der Waals surface area contributed by atoms with Gasteiger partial charge in [-0.3, -0.25) is 4.84 Å². The van der Waals surface area contributed by atoms with Gasteiger partial charge in [-0.25, -0.2) is 9.18 Å². The van der Waals surface area contributed by atoms with Gasteiger partial charge in [0.25, 0.3) is 0 Å². The van der Waals surface area contributed by atoms with Gasteiger partial charge in [0.05, 0.1) is 25.8 Å². The average Bonchev–Trinajstić information content (AvgIpc) is 2.65. The Morgan fingerprint density at radius 3 is 2.64 bits per heavy atom. The first kappa shape index (κ1) is 20.9. The van der Waals surface area contributed by atoms with E-state index >= 15 is 0 Å². The first-order chi connectivity index (χ1) is 12.1. The first-order valence-electron chi connectivity index (χ1n) is 8.30. The lowest BCUT2D eigenvalue weighted by atomic mass is 10.0. The van der Waals surface area contributed by atoms with E-state index in [1.807, 2.05) is 30.3 Å². The van der Waals surface area contributed by atoms with Gasteiger partial charge in [0.15, 0.2) is 0 Å². The molecule has 7 heteroatoms. The highest BCUT2D eigenvalue weighted by Gasteiger charge is 2.32. The molecule has 0 radical (unpaired) electrons. The van der Waals surface area contributed by atoms with E-state index in [-0.39, 0.29) is 6.61 Å². The lowest BCUT2D eigenvalue weighted by Crippen LogP contribution is -2.46. The maximum atomic E-state index is 14.1. The van der Waals surface area contributed by atoms with Crippen molar-refractivity contribution in [1.82, 2.24) is 5.06 Å². The molecule has 0 bridgehead atoms. The van der Waals surface area contributed by atoms with Crippen molar-refractivity contribution in [2.45, 2.75) is 50.9 Å². The van der Waals surface area contributed by atoms with E-state index in [1.165, 1.54) is 7.11 Å². The summed E-state index contributed by atoms with van der Waals surface area (Å²) < 4.78 is 19.3. The summed E-state index contributed by atoms with van der Waals surface area (Å²) in [5, 5.41) is 18.5. The van der Waals surface area contributed by atoms with Gasteiger partial charge in [-0.05, 0) is 18.4 Å². The zero-order chi connectivity index (χ0) is 18.5. The molecule has 1 aromatic carbocycles. The number of nitrogens with zero attached hydrogens (tertiary/aromatic N) is 2. The van der Waals surface area contributed by atoms with Crippen molar-refractivity contribution in [1.29, 1.82) is 5.26 Å². The fourth-order valence-electron chi connectivity index (χ4n) is 2.43. The van der Waals surface area contributed by atoms with Gasteiger partial charge in [0, 0.05) is 6.42 Å². The Bertz CT molecular complexity index is 536. The SMILES string of the molecule is CON(C(=O)OCc1ccccc1)[C@H](CCCCCC#N)[C@H](F)CO. The van der Waals surface area contributed by atoms with Crippen LogP contribution in [0.5, 0.6) is 0 Å². The standard InChI is InChI=1S/C18H25FN2O4/c1-24-21(18(23)25-14-15-9-5-4-6-10-15)17(16(19)13-22)11-7-2-3-8-12-20/h4-6,9-10,16-17,22H,2-3,7-8,11,13-14H2,1H3/t16-,17-/m1/s1. The van der Waals surface area contributed by atoms with E-state index in [4.69, 9.17) is 19.9 Å². The van der Waals surface area contributed by atoms with Gasteiger partial charge in [-0.15, -0.1) is 0 Å². The molecule has 0 fully saturated rings. The summed E-state index contributed by atoms with van der Waals surface area (Å²) >= 11 is 0. The van der Waals surface area contributed by atoms with Crippen LogP contribution in [0.3, 0.4) is 0 Å². The number of rotatable bonds is 11. The third-order valence-electron chi connectivity index (χ3n) is 3.76. The van der Waals surface area contributed by atoms with Crippen LogP contribution < -0.4 is 0 Å². The van der Waals surface area contributed by atoms with Crippen LogP contribution in [0.2, 0.25) is 0 Å². The van der Waals surface area contributed by atoms with Gasteiger partial charge in [-0.2, -0.15) is 10.3 Å². The minimum atomic E-state index is -1.64. The van der Waals surface area contributed by atoms with E-state index in [0.29, 0.717) is 25.7 Å². The summed E-state index contributed by atoms with van der Waals surface area (Å²) in [6.07, 6.45) is 0.366. The number of benzene rings is 1. The summed E-state index contributed by atoms with van der Waals surface area (Å²) in [6, 6.07) is 10.2. The second-order valence-electron chi connectivity index (χ2n) is 5.57. The highest BCUT2D eigenvalue weighted by Crippen LogP contribution is 2.18. The van der Waals surface area contributed by atoms with Crippen LogP contribution in [0.4, 0.5) is 9.18 Å². The van der Waals surface area contributed by atoms with E-state index in [9.17, 15) is 9.18 Å². The summed E-state index contributed by atoms with van der Waals surface area (Å²) in [5.41, 5.74) is 0.805. The predicted octanol–water partition coefficient (Wildman–Crippen LogP) is 3.36. The molecule has 1 N–H and O–H groups in total. The van der Waals surface area contributed by atoms with E-state index < -0.39 is 24.9 Å². The smallest absolute Gasteiger partial charge is 0.434 e. The predicted molar refractivity (Wildman–Crippen MR) is 89.9 cm³/mol. The van der Waals surface area contributed by atoms with Crippen LogP contribution in [0.1, 0.15) is 37.7 Å². The Morgan fingerprint density at radius 2 is 2.04 bits per heavy atom. The number of carbonyl (C=O) groups excluding carboxylic acids is 1. The molecule has 6 nitrogen and oxygen atoms in total. The quantitative estimate of drug-likeness (QED) is 0.488. The summed E-state index contributed by atoms with van der Waals surface area (Å²) in [6.45, 7) is -0.667. The number of hydrogen-bond donors (Lipinski definition) is 1. The van der Waals surface area contributed by atoms with Crippen molar-refractivity contribution in [2.24, 2.45) is 0 Å². The summed E-state index contributed by atoms with van der Waals surface area (Å²) in [5.74, 6) is 0. The fourth-order valence-corrected chi connectivity index (χ4v) is 2.43. The Kier molecular flexibility index (Phi) is 10.2. The van der Waals surface area contributed by atoms with Crippen molar-refractivity contribution in [3.8, 4) is 6.07 Å². The van der Waals surface area contributed by atoms with Crippen LogP contribution in [0.15, 0.2) is 30.3 Å². The van der Waals surface area contributed by atoms with Crippen LogP contribution in [0.25, 0.3) is 0 Å². The van der Waals surface area contributed by atoms with Crippen molar-refractivity contribution < 1.29 is 23.9 Å². The monoisotopic (exact) mass is 352 g/mol. The van der Waals surface area contributed by atoms with Crippen molar-refractivity contribution in [3.05, 3.63) is 35.9 Å². The minimum Gasteiger partial charge on any atom is -0.443 e. The van der Waals surface area contributed by atoms with Gasteiger partial charge < -0.3 is 9.84 Å². The second kappa shape index (κ2) is 12.2. The molecule has 25 heavy (non-hydrogen) atoms. The number of nitriles is 1. The largest absolute Gasteiger partial charge is 0.443 e.